The molecular formula is C18H18ClF2N3S. The first-order valence-electron chi connectivity index (χ1n) is 7.99. The van der Waals surface area contributed by atoms with E-state index in [0.717, 1.165) is 38.3 Å². The van der Waals surface area contributed by atoms with Crippen molar-refractivity contribution in [3.05, 3.63) is 64.7 Å². The Balaban J connectivity index is 1.51. The van der Waals surface area contributed by atoms with Gasteiger partial charge in [-0.2, -0.15) is 0 Å². The summed E-state index contributed by atoms with van der Waals surface area (Å²) in [6.07, 6.45) is 0. The van der Waals surface area contributed by atoms with Crippen molar-refractivity contribution in [1.82, 2.24) is 9.80 Å². The molecule has 0 saturated carbocycles. The zero-order chi connectivity index (χ0) is 17.8. The van der Waals surface area contributed by atoms with Gasteiger partial charge in [0.1, 0.15) is 11.6 Å². The van der Waals surface area contributed by atoms with Crippen LogP contribution in [0.2, 0.25) is 5.02 Å². The summed E-state index contributed by atoms with van der Waals surface area (Å²) >= 11 is 11.2. The molecule has 0 atom stereocenters. The standard InChI is InChI=1S/C18H18ClF2N3S/c19-16-10-13(4-5-17(16)21)12-23-6-8-24(9-7-23)18(25)22-15-3-1-2-14(20)11-15/h1-5,10-11H,6-9,12H2,(H,22,25). The third-order valence-corrected chi connectivity index (χ3v) is 4.78. The first-order chi connectivity index (χ1) is 12.0. The van der Waals surface area contributed by atoms with Gasteiger partial charge >= 0.3 is 0 Å². The summed E-state index contributed by atoms with van der Waals surface area (Å²) in [5.74, 6) is -0.695. The normalized spacial score (nSPS) is 15.2. The number of hydrogen-bond acceptors (Lipinski definition) is 2. The lowest BCUT2D eigenvalue weighted by Gasteiger charge is -2.36. The van der Waals surface area contributed by atoms with Crippen LogP contribution in [-0.2, 0) is 6.54 Å². The summed E-state index contributed by atoms with van der Waals surface area (Å²) in [6.45, 7) is 3.93. The Morgan fingerprint density at radius 2 is 1.84 bits per heavy atom. The lowest BCUT2D eigenvalue weighted by Crippen LogP contribution is -2.49. The number of thiocarbonyl (C=S) groups is 1. The predicted molar refractivity (Wildman–Crippen MR) is 101 cm³/mol. The number of nitrogens with one attached hydrogen (secondary N) is 1. The number of piperazine rings is 1. The Bertz CT molecular complexity index is 764. The molecule has 2 aromatic carbocycles. The zero-order valence-corrected chi connectivity index (χ0v) is 15.1. The fraction of sp³-hybridized carbons (Fsp3) is 0.278. The van der Waals surface area contributed by atoms with Crippen LogP contribution in [0, 0.1) is 11.6 Å². The maximum absolute atomic E-state index is 13.2. The fourth-order valence-electron chi connectivity index (χ4n) is 2.77. The number of benzene rings is 2. The number of rotatable bonds is 3. The molecule has 1 aliphatic rings. The topological polar surface area (TPSA) is 18.5 Å². The Labute approximate surface area is 156 Å². The van der Waals surface area contributed by atoms with Gasteiger partial charge in [-0.25, -0.2) is 8.78 Å². The molecule has 2 aromatic rings. The Morgan fingerprint density at radius 1 is 1.08 bits per heavy atom. The van der Waals surface area contributed by atoms with Crippen LogP contribution < -0.4 is 5.32 Å². The van der Waals surface area contributed by atoms with Crippen molar-refractivity contribution in [1.29, 1.82) is 0 Å². The van der Waals surface area contributed by atoms with E-state index < -0.39 is 5.82 Å². The van der Waals surface area contributed by atoms with Gasteiger partial charge in [0.15, 0.2) is 5.11 Å². The lowest BCUT2D eigenvalue weighted by atomic mass is 10.2. The highest BCUT2D eigenvalue weighted by Gasteiger charge is 2.19. The average molecular weight is 382 g/mol. The van der Waals surface area contributed by atoms with Gasteiger partial charge in [-0.15, -0.1) is 0 Å². The molecule has 0 unspecified atom stereocenters. The first kappa shape index (κ1) is 18.0. The van der Waals surface area contributed by atoms with Crippen LogP contribution in [0.15, 0.2) is 42.5 Å². The lowest BCUT2D eigenvalue weighted by molar-refractivity contribution is 0.177. The van der Waals surface area contributed by atoms with Crippen LogP contribution in [0.4, 0.5) is 14.5 Å². The third-order valence-electron chi connectivity index (χ3n) is 4.13. The second-order valence-electron chi connectivity index (χ2n) is 5.95. The van der Waals surface area contributed by atoms with Crippen LogP contribution >= 0.6 is 23.8 Å². The Morgan fingerprint density at radius 3 is 2.52 bits per heavy atom. The summed E-state index contributed by atoms with van der Waals surface area (Å²) in [6, 6.07) is 11.1. The van der Waals surface area contributed by atoms with Gasteiger partial charge < -0.3 is 10.2 Å². The molecule has 0 spiro atoms. The first-order valence-corrected chi connectivity index (χ1v) is 8.77. The van der Waals surface area contributed by atoms with E-state index in [1.54, 1.807) is 24.3 Å². The summed E-state index contributed by atoms with van der Waals surface area (Å²) < 4.78 is 26.5. The van der Waals surface area contributed by atoms with Crippen molar-refractivity contribution in [2.75, 3.05) is 31.5 Å². The van der Waals surface area contributed by atoms with Gasteiger partial charge in [-0.1, -0.05) is 23.7 Å². The smallest absolute Gasteiger partial charge is 0.173 e. The van der Waals surface area contributed by atoms with E-state index in [-0.39, 0.29) is 10.8 Å². The maximum Gasteiger partial charge on any atom is 0.173 e. The molecule has 1 N–H and O–H groups in total. The number of nitrogens with zero attached hydrogens (tertiary/aromatic N) is 2. The minimum Gasteiger partial charge on any atom is -0.346 e. The molecule has 7 heteroatoms. The fourth-order valence-corrected chi connectivity index (χ4v) is 3.28. The van der Waals surface area contributed by atoms with E-state index in [0.29, 0.717) is 10.8 Å². The molecule has 3 rings (SSSR count). The molecule has 0 amide bonds. The Kier molecular flexibility index (Phi) is 5.83. The van der Waals surface area contributed by atoms with Crippen LogP contribution in [0.5, 0.6) is 0 Å². The van der Waals surface area contributed by atoms with Crippen molar-refractivity contribution in [3.8, 4) is 0 Å². The van der Waals surface area contributed by atoms with Crippen molar-refractivity contribution >= 4 is 34.6 Å². The van der Waals surface area contributed by atoms with Crippen molar-refractivity contribution in [2.45, 2.75) is 6.54 Å². The van der Waals surface area contributed by atoms with Crippen molar-refractivity contribution < 1.29 is 8.78 Å². The molecule has 132 valence electrons. The molecule has 1 aliphatic heterocycles. The van der Waals surface area contributed by atoms with Gasteiger partial charge in [0, 0.05) is 38.4 Å². The predicted octanol–water partition coefficient (Wildman–Crippen LogP) is 4.13. The third kappa shape index (κ3) is 4.87. The quantitative estimate of drug-likeness (QED) is 0.805. The van der Waals surface area contributed by atoms with Crippen molar-refractivity contribution in [3.63, 3.8) is 0 Å². The molecule has 25 heavy (non-hydrogen) atoms. The van der Waals surface area contributed by atoms with E-state index in [9.17, 15) is 8.78 Å². The SMILES string of the molecule is Fc1cccc(NC(=S)N2CCN(Cc3ccc(F)c(Cl)c3)CC2)c1. The second-order valence-corrected chi connectivity index (χ2v) is 6.75. The van der Waals surface area contributed by atoms with Crippen LogP contribution in [0.3, 0.4) is 0 Å². The van der Waals surface area contributed by atoms with Gasteiger partial charge in [-0.3, -0.25) is 4.90 Å². The van der Waals surface area contributed by atoms with E-state index >= 15 is 0 Å². The van der Waals surface area contributed by atoms with Crippen LogP contribution in [0.1, 0.15) is 5.56 Å². The zero-order valence-electron chi connectivity index (χ0n) is 13.5. The van der Waals surface area contributed by atoms with Crippen LogP contribution in [-0.4, -0.2) is 41.1 Å². The molecule has 0 radical (unpaired) electrons. The highest BCUT2D eigenvalue weighted by atomic mass is 35.5. The summed E-state index contributed by atoms with van der Waals surface area (Å²) in [5, 5.41) is 3.81. The maximum atomic E-state index is 13.2. The minimum atomic E-state index is -0.399. The molecule has 1 fully saturated rings. The number of hydrogen-bond donors (Lipinski definition) is 1. The van der Waals surface area contributed by atoms with Gasteiger partial charge in [0.25, 0.3) is 0 Å². The molecule has 1 heterocycles. The summed E-state index contributed by atoms with van der Waals surface area (Å²) in [7, 11) is 0. The average Bonchev–Trinajstić information content (AvgIpc) is 2.59. The largest absolute Gasteiger partial charge is 0.346 e. The second kappa shape index (κ2) is 8.08. The van der Waals surface area contributed by atoms with Gasteiger partial charge in [-0.05, 0) is 48.1 Å². The molecular weight excluding hydrogens is 364 g/mol. The molecule has 3 nitrogen and oxygen atoms in total. The summed E-state index contributed by atoms with van der Waals surface area (Å²) in [4.78, 5) is 4.33. The van der Waals surface area contributed by atoms with Crippen LogP contribution in [0.25, 0.3) is 0 Å². The van der Waals surface area contributed by atoms with E-state index in [4.69, 9.17) is 23.8 Å². The van der Waals surface area contributed by atoms with E-state index in [1.807, 2.05) is 0 Å². The molecule has 0 aliphatic carbocycles. The molecule has 0 bridgehead atoms. The summed E-state index contributed by atoms with van der Waals surface area (Å²) in [5.41, 5.74) is 1.63. The van der Waals surface area contributed by atoms with E-state index in [2.05, 4.69) is 15.1 Å². The molecule has 1 saturated heterocycles. The molecule has 0 aromatic heterocycles. The number of halogens is 3. The van der Waals surface area contributed by atoms with Crippen molar-refractivity contribution in [2.24, 2.45) is 0 Å². The van der Waals surface area contributed by atoms with Gasteiger partial charge in [0.2, 0.25) is 0 Å². The van der Waals surface area contributed by atoms with E-state index in [1.165, 1.54) is 18.2 Å². The highest BCUT2D eigenvalue weighted by Crippen LogP contribution is 2.18. The Hall–Kier alpha value is -1.76. The minimum absolute atomic E-state index is 0.150. The van der Waals surface area contributed by atoms with Gasteiger partial charge in [0.05, 0.1) is 5.02 Å². The monoisotopic (exact) mass is 381 g/mol. The number of anilines is 1. The highest BCUT2D eigenvalue weighted by molar-refractivity contribution is 7.80.